The highest BCUT2D eigenvalue weighted by Crippen LogP contribution is 2.26. The van der Waals surface area contributed by atoms with Gasteiger partial charge in [-0.25, -0.2) is 0 Å². The molecule has 0 rings (SSSR count). The van der Waals surface area contributed by atoms with E-state index in [0.717, 1.165) is 12.6 Å². The van der Waals surface area contributed by atoms with Crippen LogP contribution in [0, 0.1) is 22.0 Å². The van der Waals surface area contributed by atoms with E-state index in [4.69, 9.17) is 9.47 Å². The standard InChI is InChI=1S/C13H25NO4/c1-5-11(4)12(9-8-10-14(15)16)13(17-6-2)18-7-3/h8,10-13H,5-7,9H2,1-4H3/b10-8+. The summed E-state index contributed by atoms with van der Waals surface area (Å²) in [6.07, 6.45) is 3.88. The van der Waals surface area contributed by atoms with Crippen LogP contribution in [-0.2, 0) is 9.47 Å². The molecule has 2 atom stereocenters. The second kappa shape index (κ2) is 10.0. The van der Waals surface area contributed by atoms with E-state index in [9.17, 15) is 10.1 Å². The summed E-state index contributed by atoms with van der Waals surface area (Å²) < 4.78 is 11.2. The fourth-order valence-corrected chi connectivity index (χ4v) is 1.84. The van der Waals surface area contributed by atoms with Crippen LogP contribution in [0.4, 0.5) is 0 Å². The Morgan fingerprint density at radius 1 is 1.22 bits per heavy atom. The van der Waals surface area contributed by atoms with Gasteiger partial charge in [-0.2, -0.15) is 0 Å². The average molecular weight is 259 g/mol. The smallest absolute Gasteiger partial charge is 0.230 e. The average Bonchev–Trinajstić information content (AvgIpc) is 2.33. The topological polar surface area (TPSA) is 61.6 Å². The van der Waals surface area contributed by atoms with Gasteiger partial charge in [0.25, 0.3) is 0 Å². The van der Waals surface area contributed by atoms with Gasteiger partial charge in [0.05, 0.1) is 4.92 Å². The SMILES string of the molecule is CCOC(OCC)C(C/C=C/[N+](=O)[O-])C(C)CC. The fraction of sp³-hybridized carbons (Fsp3) is 0.846. The fourth-order valence-electron chi connectivity index (χ4n) is 1.84. The molecule has 0 bridgehead atoms. The Hall–Kier alpha value is -0.940. The summed E-state index contributed by atoms with van der Waals surface area (Å²) in [6, 6.07) is 0. The summed E-state index contributed by atoms with van der Waals surface area (Å²) >= 11 is 0. The Bertz CT molecular complexity index is 249. The van der Waals surface area contributed by atoms with Crippen molar-refractivity contribution in [1.82, 2.24) is 0 Å². The second-order valence-electron chi connectivity index (χ2n) is 4.23. The molecular formula is C13H25NO4. The van der Waals surface area contributed by atoms with Crippen LogP contribution in [-0.4, -0.2) is 24.4 Å². The molecule has 0 fully saturated rings. The lowest BCUT2D eigenvalue weighted by Crippen LogP contribution is -2.31. The normalized spacial score (nSPS) is 15.2. The van der Waals surface area contributed by atoms with E-state index >= 15 is 0 Å². The maximum atomic E-state index is 10.3. The molecule has 0 heterocycles. The van der Waals surface area contributed by atoms with Crippen LogP contribution in [0.5, 0.6) is 0 Å². The number of hydrogen-bond donors (Lipinski definition) is 0. The maximum absolute atomic E-state index is 10.3. The Balaban J connectivity index is 4.65. The third-order valence-electron chi connectivity index (χ3n) is 3.02. The molecule has 0 aromatic heterocycles. The van der Waals surface area contributed by atoms with Crippen LogP contribution in [0.25, 0.3) is 0 Å². The Morgan fingerprint density at radius 2 is 1.78 bits per heavy atom. The first-order valence-corrected chi connectivity index (χ1v) is 6.60. The highest BCUT2D eigenvalue weighted by Gasteiger charge is 2.26. The van der Waals surface area contributed by atoms with Crippen LogP contribution in [0.3, 0.4) is 0 Å². The van der Waals surface area contributed by atoms with Gasteiger partial charge in [0, 0.05) is 19.1 Å². The van der Waals surface area contributed by atoms with Gasteiger partial charge in [0.2, 0.25) is 6.20 Å². The summed E-state index contributed by atoms with van der Waals surface area (Å²) in [7, 11) is 0. The molecule has 0 amide bonds. The van der Waals surface area contributed by atoms with Gasteiger partial charge in [-0.3, -0.25) is 10.1 Å². The molecule has 0 aliphatic carbocycles. The molecule has 0 saturated heterocycles. The first-order chi connectivity index (χ1) is 8.56. The zero-order valence-electron chi connectivity index (χ0n) is 11.8. The Morgan fingerprint density at radius 3 is 2.17 bits per heavy atom. The van der Waals surface area contributed by atoms with Crippen LogP contribution in [0.1, 0.15) is 40.5 Å². The largest absolute Gasteiger partial charge is 0.353 e. The number of allylic oxidation sites excluding steroid dienone is 1. The number of rotatable bonds is 10. The van der Waals surface area contributed by atoms with Crippen molar-refractivity contribution in [3.8, 4) is 0 Å². The van der Waals surface area contributed by atoms with Gasteiger partial charge in [-0.1, -0.05) is 20.3 Å². The van der Waals surface area contributed by atoms with Gasteiger partial charge in [0.15, 0.2) is 6.29 Å². The van der Waals surface area contributed by atoms with Gasteiger partial charge in [-0.05, 0) is 32.3 Å². The van der Waals surface area contributed by atoms with E-state index in [-0.39, 0.29) is 12.2 Å². The summed E-state index contributed by atoms with van der Waals surface area (Å²) in [5.41, 5.74) is 0. The molecule has 5 heteroatoms. The minimum absolute atomic E-state index is 0.145. The molecule has 0 aliphatic rings. The minimum Gasteiger partial charge on any atom is -0.353 e. The van der Waals surface area contributed by atoms with Crippen molar-refractivity contribution in [2.24, 2.45) is 11.8 Å². The van der Waals surface area contributed by atoms with Gasteiger partial charge < -0.3 is 9.47 Å². The lowest BCUT2D eigenvalue weighted by molar-refractivity contribution is -0.402. The molecule has 0 aromatic carbocycles. The molecule has 2 unspecified atom stereocenters. The van der Waals surface area contributed by atoms with Crippen LogP contribution in [0.2, 0.25) is 0 Å². The maximum Gasteiger partial charge on any atom is 0.230 e. The third-order valence-corrected chi connectivity index (χ3v) is 3.02. The molecule has 0 radical (unpaired) electrons. The molecule has 0 aromatic rings. The summed E-state index contributed by atoms with van der Waals surface area (Å²) in [6.45, 7) is 9.23. The number of ether oxygens (including phenoxy) is 2. The quantitative estimate of drug-likeness (QED) is 0.343. The zero-order valence-corrected chi connectivity index (χ0v) is 11.8. The molecule has 0 aliphatic heterocycles. The second-order valence-corrected chi connectivity index (χ2v) is 4.23. The monoisotopic (exact) mass is 259 g/mol. The first kappa shape index (κ1) is 17.1. The summed E-state index contributed by atoms with van der Waals surface area (Å²) in [5.74, 6) is 0.538. The summed E-state index contributed by atoms with van der Waals surface area (Å²) in [5, 5.41) is 10.3. The van der Waals surface area contributed by atoms with Crippen LogP contribution < -0.4 is 0 Å². The first-order valence-electron chi connectivity index (χ1n) is 6.60. The van der Waals surface area contributed by atoms with Gasteiger partial charge >= 0.3 is 0 Å². The molecule has 106 valence electrons. The van der Waals surface area contributed by atoms with Gasteiger partial charge in [0.1, 0.15) is 0 Å². The van der Waals surface area contributed by atoms with Crippen molar-refractivity contribution in [2.75, 3.05) is 13.2 Å². The van der Waals surface area contributed by atoms with Crippen molar-refractivity contribution in [3.05, 3.63) is 22.4 Å². The van der Waals surface area contributed by atoms with Crippen molar-refractivity contribution in [1.29, 1.82) is 0 Å². The Labute approximate surface area is 109 Å². The van der Waals surface area contributed by atoms with Gasteiger partial charge in [-0.15, -0.1) is 0 Å². The molecule has 18 heavy (non-hydrogen) atoms. The highest BCUT2D eigenvalue weighted by atomic mass is 16.7. The lowest BCUT2D eigenvalue weighted by Gasteiger charge is -2.30. The molecule has 5 nitrogen and oxygen atoms in total. The van der Waals surface area contributed by atoms with E-state index in [0.29, 0.717) is 25.6 Å². The van der Waals surface area contributed by atoms with E-state index in [1.54, 1.807) is 6.08 Å². The van der Waals surface area contributed by atoms with Crippen molar-refractivity contribution >= 4 is 0 Å². The predicted octanol–water partition coefficient (Wildman–Crippen LogP) is 3.23. The zero-order chi connectivity index (χ0) is 14.0. The van der Waals surface area contributed by atoms with E-state index in [1.807, 2.05) is 13.8 Å². The van der Waals surface area contributed by atoms with E-state index in [1.165, 1.54) is 0 Å². The lowest BCUT2D eigenvalue weighted by atomic mass is 9.88. The van der Waals surface area contributed by atoms with Crippen molar-refractivity contribution < 1.29 is 14.4 Å². The molecule has 0 N–H and O–H groups in total. The molecule has 0 spiro atoms. The number of hydrogen-bond acceptors (Lipinski definition) is 4. The number of nitrogens with zero attached hydrogens (tertiary/aromatic N) is 1. The molecule has 0 saturated carbocycles. The van der Waals surface area contributed by atoms with Crippen LogP contribution >= 0.6 is 0 Å². The highest BCUT2D eigenvalue weighted by molar-refractivity contribution is 4.81. The van der Waals surface area contributed by atoms with Crippen molar-refractivity contribution in [3.63, 3.8) is 0 Å². The Kier molecular flexibility index (Phi) is 9.50. The van der Waals surface area contributed by atoms with Crippen LogP contribution in [0.15, 0.2) is 12.3 Å². The third kappa shape index (κ3) is 6.71. The summed E-state index contributed by atoms with van der Waals surface area (Å²) in [4.78, 5) is 9.86. The minimum atomic E-state index is -0.440. The predicted molar refractivity (Wildman–Crippen MR) is 70.7 cm³/mol. The van der Waals surface area contributed by atoms with Crippen molar-refractivity contribution in [2.45, 2.75) is 46.8 Å². The molecular weight excluding hydrogens is 234 g/mol. The van der Waals surface area contributed by atoms with E-state index < -0.39 is 4.92 Å². The number of nitro groups is 1. The van der Waals surface area contributed by atoms with E-state index in [2.05, 4.69) is 13.8 Å².